The number of rotatable bonds is 6. The van der Waals surface area contributed by atoms with Crippen molar-refractivity contribution in [3.8, 4) is 0 Å². The van der Waals surface area contributed by atoms with Crippen molar-refractivity contribution < 1.29 is 0 Å². The van der Waals surface area contributed by atoms with Crippen LogP contribution >= 0.6 is 23.1 Å². The molecule has 0 radical (unpaired) electrons. The number of thiophene rings is 1. The summed E-state index contributed by atoms with van der Waals surface area (Å²) in [5, 5.41) is 2.61. The third-order valence-electron chi connectivity index (χ3n) is 3.95. The van der Waals surface area contributed by atoms with Gasteiger partial charge in [-0.2, -0.15) is 0 Å². The van der Waals surface area contributed by atoms with E-state index in [1.807, 2.05) is 23.1 Å². The van der Waals surface area contributed by atoms with Crippen LogP contribution in [0.4, 0.5) is 0 Å². The van der Waals surface area contributed by atoms with Gasteiger partial charge in [0, 0.05) is 10.3 Å². The Morgan fingerprint density at radius 1 is 1.15 bits per heavy atom. The van der Waals surface area contributed by atoms with Gasteiger partial charge < -0.3 is 0 Å². The number of hydrogen-bond acceptors (Lipinski definition) is 4. The van der Waals surface area contributed by atoms with E-state index in [2.05, 4.69) is 16.9 Å². The quantitative estimate of drug-likeness (QED) is 0.414. The summed E-state index contributed by atoms with van der Waals surface area (Å²) in [7, 11) is 0. The molecular weight excluding hydrogens is 284 g/mol. The van der Waals surface area contributed by atoms with Gasteiger partial charge in [0.1, 0.15) is 16.2 Å². The maximum absolute atomic E-state index is 4.56. The first-order valence-electron chi connectivity index (χ1n) is 7.78. The Balaban J connectivity index is 1.78. The van der Waals surface area contributed by atoms with Crippen LogP contribution in [0.2, 0.25) is 0 Å². The standard InChI is InChI=1S/C16H22N2S2/c1-2-3-4-7-10-19-15-14-12-8-5-6-9-13(12)20-16(14)18-11-17-15/h11H,2-10H2,1H3. The van der Waals surface area contributed by atoms with Crippen molar-refractivity contribution in [3.63, 3.8) is 0 Å². The van der Waals surface area contributed by atoms with Gasteiger partial charge in [0.2, 0.25) is 0 Å². The SMILES string of the molecule is CCCCCCSc1ncnc2sc3c(c12)CCCC3. The van der Waals surface area contributed by atoms with E-state index in [1.165, 1.54) is 72.4 Å². The van der Waals surface area contributed by atoms with E-state index in [0.29, 0.717) is 0 Å². The van der Waals surface area contributed by atoms with Crippen molar-refractivity contribution in [2.75, 3.05) is 5.75 Å². The summed E-state index contributed by atoms with van der Waals surface area (Å²) in [6, 6.07) is 0. The molecule has 2 aromatic rings. The fraction of sp³-hybridized carbons (Fsp3) is 0.625. The van der Waals surface area contributed by atoms with Crippen molar-refractivity contribution in [1.82, 2.24) is 9.97 Å². The van der Waals surface area contributed by atoms with Crippen LogP contribution in [0.5, 0.6) is 0 Å². The molecule has 0 saturated carbocycles. The van der Waals surface area contributed by atoms with Gasteiger partial charge in [-0.25, -0.2) is 9.97 Å². The Morgan fingerprint density at radius 2 is 2.05 bits per heavy atom. The molecule has 1 aliphatic carbocycles. The van der Waals surface area contributed by atoms with Crippen molar-refractivity contribution in [2.24, 2.45) is 0 Å². The van der Waals surface area contributed by atoms with Crippen molar-refractivity contribution in [3.05, 3.63) is 16.8 Å². The summed E-state index contributed by atoms with van der Waals surface area (Å²) in [5.74, 6) is 1.19. The van der Waals surface area contributed by atoms with E-state index in [0.717, 1.165) is 0 Å². The van der Waals surface area contributed by atoms with Crippen LogP contribution < -0.4 is 0 Å². The summed E-state index contributed by atoms with van der Waals surface area (Å²) in [4.78, 5) is 11.8. The highest BCUT2D eigenvalue weighted by molar-refractivity contribution is 7.99. The zero-order chi connectivity index (χ0) is 13.8. The van der Waals surface area contributed by atoms with E-state index >= 15 is 0 Å². The van der Waals surface area contributed by atoms with Gasteiger partial charge in [0.25, 0.3) is 0 Å². The number of aryl methyl sites for hydroxylation is 2. The lowest BCUT2D eigenvalue weighted by atomic mass is 9.97. The minimum Gasteiger partial charge on any atom is -0.229 e. The molecule has 108 valence electrons. The largest absolute Gasteiger partial charge is 0.229 e. The number of nitrogens with zero attached hydrogens (tertiary/aromatic N) is 2. The van der Waals surface area contributed by atoms with Crippen molar-refractivity contribution >= 4 is 33.3 Å². The highest BCUT2D eigenvalue weighted by Crippen LogP contribution is 2.39. The fourth-order valence-corrected chi connectivity index (χ4v) is 5.19. The third kappa shape index (κ3) is 3.01. The molecular formula is C16H22N2S2. The minimum atomic E-state index is 1.19. The first kappa shape index (κ1) is 14.3. The van der Waals surface area contributed by atoms with E-state index in [-0.39, 0.29) is 0 Å². The number of fused-ring (bicyclic) bond motifs is 3. The summed E-state index contributed by atoms with van der Waals surface area (Å²) >= 11 is 3.83. The summed E-state index contributed by atoms with van der Waals surface area (Å²) < 4.78 is 0. The summed E-state index contributed by atoms with van der Waals surface area (Å²) in [6.45, 7) is 2.26. The highest BCUT2D eigenvalue weighted by Gasteiger charge is 2.19. The molecule has 0 unspecified atom stereocenters. The maximum Gasteiger partial charge on any atom is 0.128 e. The van der Waals surface area contributed by atoms with Gasteiger partial charge in [0.15, 0.2) is 0 Å². The smallest absolute Gasteiger partial charge is 0.128 e. The lowest BCUT2D eigenvalue weighted by molar-refractivity contribution is 0.699. The number of aromatic nitrogens is 2. The van der Waals surface area contributed by atoms with Gasteiger partial charge >= 0.3 is 0 Å². The van der Waals surface area contributed by atoms with E-state index in [9.17, 15) is 0 Å². The molecule has 2 aromatic heterocycles. The number of hydrogen-bond donors (Lipinski definition) is 0. The molecule has 0 bridgehead atoms. The number of thioether (sulfide) groups is 1. The van der Waals surface area contributed by atoms with Crippen LogP contribution in [0.3, 0.4) is 0 Å². The second kappa shape index (κ2) is 6.90. The Labute approximate surface area is 129 Å². The summed E-state index contributed by atoms with van der Waals surface area (Å²) in [5.41, 5.74) is 1.56. The average molecular weight is 307 g/mol. The fourth-order valence-electron chi connectivity index (χ4n) is 2.87. The lowest BCUT2D eigenvalue weighted by Crippen LogP contribution is -1.99. The number of unbranched alkanes of at least 4 members (excludes halogenated alkanes) is 3. The van der Waals surface area contributed by atoms with Crippen LogP contribution in [-0.4, -0.2) is 15.7 Å². The lowest BCUT2D eigenvalue weighted by Gasteiger charge is -2.11. The zero-order valence-corrected chi connectivity index (χ0v) is 13.8. The zero-order valence-electron chi connectivity index (χ0n) is 12.2. The van der Waals surface area contributed by atoms with Crippen LogP contribution in [0.15, 0.2) is 11.4 Å². The van der Waals surface area contributed by atoms with E-state index in [1.54, 1.807) is 16.8 Å². The molecule has 20 heavy (non-hydrogen) atoms. The molecule has 0 saturated heterocycles. The topological polar surface area (TPSA) is 25.8 Å². The first-order valence-corrected chi connectivity index (χ1v) is 9.58. The molecule has 4 heteroatoms. The maximum atomic E-state index is 4.56. The Morgan fingerprint density at radius 3 is 2.95 bits per heavy atom. The predicted molar refractivity (Wildman–Crippen MR) is 88.9 cm³/mol. The molecule has 3 rings (SSSR count). The van der Waals surface area contributed by atoms with Gasteiger partial charge in [0.05, 0.1) is 0 Å². The third-order valence-corrected chi connectivity index (χ3v) is 6.23. The van der Waals surface area contributed by atoms with Crippen LogP contribution in [0.1, 0.15) is 55.9 Å². The molecule has 0 N–H and O–H groups in total. The normalized spacial score (nSPS) is 14.7. The first-order chi connectivity index (χ1) is 9.90. The highest BCUT2D eigenvalue weighted by atomic mass is 32.2. The molecule has 0 atom stereocenters. The molecule has 2 nitrogen and oxygen atoms in total. The van der Waals surface area contributed by atoms with Gasteiger partial charge in [-0.05, 0) is 43.4 Å². The second-order valence-electron chi connectivity index (χ2n) is 5.48. The molecule has 2 heterocycles. The van der Waals surface area contributed by atoms with Crippen LogP contribution in [0, 0.1) is 0 Å². The molecule has 1 aliphatic rings. The average Bonchev–Trinajstić information content (AvgIpc) is 2.86. The summed E-state index contributed by atoms with van der Waals surface area (Å²) in [6.07, 6.45) is 12.2. The van der Waals surface area contributed by atoms with Gasteiger partial charge in [-0.3, -0.25) is 0 Å². The Kier molecular flexibility index (Phi) is 4.94. The van der Waals surface area contributed by atoms with E-state index < -0.39 is 0 Å². The van der Waals surface area contributed by atoms with Gasteiger partial charge in [-0.1, -0.05) is 26.2 Å². The minimum absolute atomic E-state index is 1.19. The monoisotopic (exact) mass is 306 g/mol. The van der Waals surface area contributed by atoms with Crippen LogP contribution in [0.25, 0.3) is 10.2 Å². The van der Waals surface area contributed by atoms with Crippen LogP contribution in [-0.2, 0) is 12.8 Å². The van der Waals surface area contributed by atoms with E-state index in [4.69, 9.17) is 0 Å². The van der Waals surface area contributed by atoms with Crippen molar-refractivity contribution in [1.29, 1.82) is 0 Å². The molecule has 0 fully saturated rings. The van der Waals surface area contributed by atoms with Gasteiger partial charge in [-0.15, -0.1) is 23.1 Å². The molecule has 0 aromatic carbocycles. The van der Waals surface area contributed by atoms with Crippen molar-refractivity contribution in [2.45, 2.75) is 63.3 Å². The second-order valence-corrected chi connectivity index (χ2v) is 7.65. The molecule has 0 aliphatic heterocycles. The predicted octanol–water partition coefficient (Wildman–Crippen LogP) is 5.24. The Hall–Kier alpha value is -0.610. The Bertz CT molecular complexity index is 577. The molecule has 0 amide bonds. The molecule has 0 spiro atoms.